The minimum absolute atomic E-state index is 0.0560. The summed E-state index contributed by atoms with van der Waals surface area (Å²) in [6.07, 6.45) is 1.86. The second-order valence-corrected chi connectivity index (χ2v) is 4.83. The second kappa shape index (κ2) is 6.83. The molecule has 0 aliphatic carbocycles. The zero-order valence-corrected chi connectivity index (χ0v) is 12.3. The molecular formula is C16H19N3O2. The summed E-state index contributed by atoms with van der Waals surface area (Å²) in [5, 5.41) is 14.2. The van der Waals surface area contributed by atoms with Crippen LogP contribution in [0.5, 0.6) is 0 Å². The highest BCUT2D eigenvalue weighted by atomic mass is 16.6. The maximum Gasteiger partial charge on any atom is 0.275 e. The van der Waals surface area contributed by atoms with Crippen LogP contribution in [-0.2, 0) is 6.42 Å². The van der Waals surface area contributed by atoms with E-state index in [0.29, 0.717) is 11.5 Å². The Balaban J connectivity index is 2.45. The van der Waals surface area contributed by atoms with Crippen LogP contribution in [0.25, 0.3) is 11.3 Å². The minimum Gasteiger partial charge on any atom is -0.370 e. The molecule has 0 radical (unpaired) electrons. The molecule has 0 saturated heterocycles. The number of aromatic nitrogens is 1. The van der Waals surface area contributed by atoms with Gasteiger partial charge >= 0.3 is 0 Å². The lowest BCUT2D eigenvalue weighted by atomic mass is 10.1. The van der Waals surface area contributed by atoms with Gasteiger partial charge in [-0.2, -0.15) is 0 Å². The van der Waals surface area contributed by atoms with Gasteiger partial charge in [0.15, 0.2) is 0 Å². The van der Waals surface area contributed by atoms with Gasteiger partial charge in [-0.25, -0.2) is 4.98 Å². The molecule has 110 valence electrons. The summed E-state index contributed by atoms with van der Waals surface area (Å²) in [5.74, 6) is 0.544. The van der Waals surface area contributed by atoms with Crippen molar-refractivity contribution in [1.82, 2.24) is 4.98 Å². The molecule has 21 heavy (non-hydrogen) atoms. The molecule has 1 N–H and O–H groups in total. The zero-order valence-electron chi connectivity index (χ0n) is 12.3. The van der Waals surface area contributed by atoms with E-state index in [1.807, 2.05) is 31.2 Å². The van der Waals surface area contributed by atoms with Crippen LogP contribution < -0.4 is 5.32 Å². The van der Waals surface area contributed by atoms with Crippen molar-refractivity contribution >= 4 is 11.5 Å². The van der Waals surface area contributed by atoms with E-state index in [-0.39, 0.29) is 10.6 Å². The van der Waals surface area contributed by atoms with Gasteiger partial charge in [-0.15, -0.1) is 0 Å². The quantitative estimate of drug-likeness (QED) is 0.642. The molecule has 5 nitrogen and oxygen atoms in total. The fraction of sp³-hybridized carbons (Fsp3) is 0.312. The Morgan fingerprint density at radius 2 is 2.05 bits per heavy atom. The number of anilines is 1. The van der Waals surface area contributed by atoms with Crippen molar-refractivity contribution in [3.05, 3.63) is 52.1 Å². The summed E-state index contributed by atoms with van der Waals surface area (Å²) < 4.78 is 0. The molecule has 0 fully saturated rings. The van der Waals surface area contributed by atoms with Crippen molar-refractivity contribution < 1.29 is 4.92 Å². The van der Waals surface area contributed by atoms with E-state index in [2.05, 4.69) is 17.2 Å². The standard InChI is InChI=1S/C16H19N3O2/c1-3-8-17-16-11-14(19(20)21)10-15(18-16)13-7-5-6-12(4-2)9-13/h5-7,9-11H,3-4,8H2,1-2H3,(H,17,18). The smallest absolute Gasteiger partial charge is 0.275 e. The van der Waals surface area contributed by atoms with Crippen molar-refractivity contribution in [3.8, 4) is 11.3 Å². The molecule has 0 bridgehead atoms. The van der Waals surface area contributed by atoms with Crippen LogP contribution in [0.15, 0.2) is 36.4 Å². The van der Waals surface area contributed by atoms with Crippen LogP contribution in [0, 0.1) is 10.1 Å². The number of aryl methyl sites for hydroxylation is 1. The van der Waals surface area contributed by atoms with Gasteiger partial charge in [0.25, 0.3) is 5.69 Å². The highest BCUT2D eigenvalue weighted by Gasteiger charge is 2.12. The van der Waals surface area contributed by atoms with Crippen LogP contribution in [-0.4, -0.2) is 16.5 Å². The fourth-order valence-electron chi connectivity index (χ4n) is 2.06. The summed E-state index contributed by atoms with van der Waals surface area (Å²) in [4.78, 5) is 15.2. The molecule has 1 aromatic heterocycles. The third kappa shape index (κ3) is 3.78. The molecular weight excluding hydrogens is 266 g/mol. The SMILES string of the molecule is CCCNc1cc([N+](=O)[O-])cc(-c2cccc(CC)c2)n1. The average Bonchev–Trinajstić information content (AvgIpc) is 2.52. The third-order valence-electron chi connectivity index (χ3n) is 3.21. The maximum atomic E-state index is 11.1. The zero-order chi connectivity index (χ0) is 15.2. The Bertz CT molecular complexity index is 641. The van der Waals surface area contributed by atoms with Crippen LogP contribution >= 0.6 is 0 Å². The van der Waals surface area contributed by atoms with Crippen molar-refractivity contribution in [2.45, 2.75) is 26.7 Å². The second-order valence-electron chi connectivity index (χ2n) is 4.83. The number of pyridine rings is 1. The minimum atomic E-state index is -0.383. The van der Waals surface area contributed by atoms with Gasteiger partial charge in [0.1, 0.15) is 5.82 Å². The molecule has 1 aromatic carbocycles. The van der Waals surface area contributed by atoms with Gasteiger partial charge in [-0.05, 0) is 24.5 Å². The lowest BCUT2D eigenvalue weighted by molar-refractivity contribution is -0.384. The first-order valence-corrected chi connectivity index (χ1v) is 7.13. The number of hydrogen-bond acceptors (Lipinski definition) is 4. The van der Waals surface area contributed by atoms with Gasteiger partial charge in [-0.1, -0.05) is 32.0 Å². The third-order valence-corrected chi connectivity index (χ3v) is 3.21. The van der Waals surface area contributed by atoms with E-state index in [1.165, 1.54) is 17.7 Å². The van der Waals surface area contributed by atoms with E-state index in [1.54, 1.807) is 0 Å². The van der Waals surface area contributed by atoms with Gasteiger partial charge in [-0.3, -0.25) is 10.1 Å². The number of nitrogens with zero attached hydrogens (tertiary/aromatic N) is 2. The number of nitro groups is 1. The lowest BCUT2D eigenvalue weighted by Gasteiger charge is -2.08. The normalized spacial score (nSPS) is 10.4. The van der Waals surface area contributed by atoms with Gasteiger partial charge in [0.2, 0.25) is 0 Å². The topological polar surface area (TPSA) is 68.1 Å². The first-order valence-electron chi connectivity index (χ1n) is 7.13. The largest absolute Gasteiger partial charge is 0.370 e. The van der Waals surface area contributed by atoms with Gasteiger partial charge < -0.3 is 5.32 Å². The van der Waals surface area contributed by atoms with Crippen LogP contribution in [0.2, 0.25) is 0 Å². The van der Waals surface area contributed by atoms with E-state index in [4.69, 9.17) is 0 Å². The van der Waals surface area contributed by atoms with Crippen molar-refractivity contribution in [3.63, 3.8) is 0 Å². The monoisotopic (exact) mass is 285 g/mol. The predicted molar refractivity (Wildman–Crippen MR) is 84.5 cm³/mol. The van der Waals surface area contributed by atoms with Gasteiger partial charge in [0, 0.05) is 18.2 Å². The molecule has 0 aliphatic heterocycles. The summed E-state index contributed by atoms with van der Waals surface area (Å²) in [7, 11) is 0. The lowest BCUT2D eigenvalue weighted by Crippen LogP contribution is -2.03. The summed E-state index contributed by atoms with van der Waals surface area (Å²) in [6.45, 7) is 4.85. The summed E-state index contributed by atoms with van der Waals surface area (Å²) >= 11 is 0. The Hall–Kier alpha value is -2.43. The first kappa shape index (κ1) is 15.0. The van der Waals surface area contributed by atoms with E-state index in [9.17, 15) is 10.1 Å². The Morgan fingerprint density at radius 3 is 2.71 bits per heavy atom. The molecule has 1 heterocycles. The number of benzene rings is 1. The molecule has 0 unspecified atom stereocenters. The van der Waals surface area contributed by atoms with E-state index >= 15 is 0 Å². The number of rotatable bonds is 6. The predicted octanol–water partition coefficient (Wildman–Crippen LogP) is 4.04. The number of hydrogen-bond donors (Lipinski definition) is 1. The molecule has 0 amide bonds. The molecule has 2 rings (SSSR count). The van der Waals surface area contributed by atoms with Crippen LogP contribution in [0.4, 0.5) is 11.5 Å². The Morgan fingerprint density at radius 1 is 1.24 bits per heavy atom. The highest BCUT2D eigenvalue weighted by Crippen LogP contribution is 2.26. The van der Waals surface area contributed by atoms with Crippen molar-refractivity contribution in [2.24, 2.45) is 0 Å². The van der Waals surface area contributed by atoms with E-state index < -0.39 is 0 Å². The summed E-state index contributed by atoms with van der Waals surface area (Å²) in [6, 6.07) is 10.9. The Kier molecular flexibility index (Phi) is 4.87. The summed E-state index contributed by atoms with van der Waals surface area (Å²) in [5.41, 5.74) is 2.76. The van der Waals surface area contributed by atoms with Crippen LogP contribution in [0.1, 0.15) is 25.8 Å². The molecule has 2 aromatic rings. The van der Waals surface area contributed by atoms with Crippen molar-refractivity contribution in [1.29, 1.82) is 0 Å². The fourth-order valence-corrected chi connectivity index (χ4v) is 2.06. The number of nitrogens with one attached hydrogen (secondary N) is 1. The van der Waals surface area contributed by atoms with Crippen LogP contribution in [0.3, 0.4) is 0 Å². The Labute approximate surface area is 124 Å². The maximum absolute atomic E-state index is 11.1. The van der Waals surface area contributed by atoms with Gasteiger partial charge in [0.05, 0.1) is 16.7 Å². The van der Waals surface area contributed by atoms with Crippen molar-refractivity contribution in [2.75, 3.05) is 11.9 Å². The molecule has 5 heteroatoms. The van der Waals surface area contributed by atoms with E-state index in [0.717, 1.165) is 24.9 Å². The first-order chi connectivity index (χ1) is 10.1. The molecule has 0 spiro atoms. The highest BCUT2D eigenvalue weighted by molar-refractivity contribution is 5.66. The molecule has 0 atom stereocenters. The molecule has 0 aliphatic rings. The average molecular weight is 285 g/mol. The molecule has 0 saturated carbocycles.